The molecule has 0 unspecified atom stereocenters. The molecule has 316 valence electrons. The van der Waals surface area contributed by atoms with Gasteiger partial charge in [0.2, 0.25) is 0 Å². The second-order valence-corrected chi connectivity index (χ2v) is 18.5. The third-order valence-corrected chi connectivity index (χ3v) is 14.7. The van der Waals surface area contributed by atoms with Gasteiger partial charge in [-0.2, -0.15) is 0 Å². The van der Waals surface area contributed by atoms with E-state index in [1.54, 1.807) is 0 Å². The highest BCUT2D eigenvalue weighted by atomic mass is 15.1. The number of hydrogen-bond donors (Lipinski definition) is 0. The third kappa shape index (κ3) is 5.35. The quantitative estimate of drug-likeness (QED) is 0.159. The van der Waals surface area contributed by atoms with E-state index in [0.717, 1.165) is 22.7 Å². The van der Waals surface area contributed by atoms with Crippen LogP contribution in [0.3, 0.4) is 0 Å². The van der Waals surface area contributed by atoms with Crippen LogP contribution in [-0.2, 0) is 5.41 Å². The molecule has 0 bridgehead atoms. The third-order valence-electron chi connectivity index (χ3n) is 14.7. The summed E-state index contributed by atoms with van der Waals surface area (Å²) >= 11 is 0. The van der Waals surface area contributed by atoms with Crippen LogP contribution in [0, 0.1) is 0 Å². The van der Waals surface area contributed by atoms with Crippen LogP contribution in [-0.4, -0.2) is 18.3 Å². The van der Waals surface area contributed by atoms with Crippen molar-refractivity contribution in [3.63, 3.8) is 0 Å². The lowest BCUT2D eigenvalue weighted by atomic mass is 9.78. The van der Waals surface area contributed by atoms with E-state index in [9.17, 15) is 0 Å². The van der Waals surface area contributed by atoms with Crippen LogP contribution in [0.5, 0.6) is 0 Å². The lowest BCUT2D eigenvalue weighted by molar-refractivity contribution is 0.640. The first kappa shape index (κ1) is 37.7. The van der Waals surface area contributed by atoms with Gasteiger partial charge in [0.1, 0.15) is 0 Å². The van der Waals surface area contributed by atoms with Crippen molar-refractivity contribution in [3.8, 4) is 22.7 Å². The van der Waals surface area contributed by atoms with Crippen molar-refractivity contribution in [2.24, 2.45) is 0 Å². The molecule has 0 atom stereocenters. The Morgan fingerprint density at radius 2 is 0.463 bits per heavy atom. The molecule has 0 saturated heterocycles. The van der Waals surface area contributed by atoms with E-state index in [-0.39, 0.29) is 5.41 Å². The molecule has 0 amide bonds. The van der Waals surface area contributed by atoms with Gasteiger partial charge >= 0.3 is 0 Å². The van der Waals surface area contributed by atoms with Gasteiger partial charge < -0.3 is 18.3 Å². The Balaban J connectivity index is 0.911. The molecule has 0 saturated carbocycles. The van der Waals surface area contributed by atoms with Crippen LogP contribution >= 0.6 is 0 Å². The molecule has 0 spiro atoms. The van der Waals surface area contributed by atoms with E-state index in [2.05, 4.69) is 263 Å². The van der Waals surface area contributed by atoms with Gasteiger partial charge in [0, 0.05) is 71.3 Å². The second-order valence-electron chi connectivity index (χ2n) is 18.5. The Hall–Kier alpha value is -8.60. The number of nitrogens with zero attached hydrogens (tertiary/aromatic N) is 4. The fraction of sp³-hybridized carbons (Fsp3) is 0.0476. The zero-order valence-corrected chi connectivity index (χ0v) is 37.2. The molecule has 14 aromatic rings. The number of hydrogen-bond acceptors (Lipinski definition) is 0. The molecule has 0 N–H and O–H groups in total. The SMILES string of the molecule is CC(C)(c1ccc(-n2c3ccccc3c3ccc4c5ccccc5n(-c5ccccc5)c4c32)cc1)c1ccc(-n2c3ccccc3c3ccc4c5ccccc5n(-c5ccccc5)c4c32)cc1. The minimum Gasteiger partial charge on any atom is -0.307 e. The molecule has 4 nitrogen and oxygen atoms in total. The molecule has 0 fully saturated rings. The molecule has 4 aromatic heterocycles. The number of rotatable bonds is 6. The first-order valence-electron chi connectivity index (χ1n) is 23.3. The summed E-state index contributed by atoms with van der Waals surface area (Å²) in [5.74, 6) is 0. The maximum absolute atomic E-state index is 2.48. The number of benzene rings is 10. The fourth-order valence-electron chi connectivity index (χ4n) is 11.4. The molecule has 67 heavy (non-hydrogen) atoms. The van der Waals surface area contributed by atoms with Crippen LogP contribution in [0.1, 0.15) is 25.0 Å². The van der Waals surface area contributed by atoms with Crippen molar-refractivity contribution in [3.05, 3.63) is 242 Å². The minimum atomic E-state index is -0.265. The summed E-state index contributed by atoms with van der Waals surface area (Å²) in [4.78, 5) is 0. The maximum Gasteiger partial charge on any atom is 0.0788 e. The summed E-state index contributed by atoms with van der Waals surface area (Å²) < 4.78 is 9.87. The molecule has 14 rings (SSSR count). The van der Waals surface area contributed by atoms with Crippen LogP contribution in [0.2, 0.25) is 0 Å². The fourth-order valence-corrected chi connectivity index (χ4v) is 11.4. The maximum atomic E-state index is 2.48. The van der Waals surface area contributed by atoms with Crippen molar-refractivity contribution >= 4 is 87.2 Å². The van der Waals surface area contributed by atoms with Gasteiger partial charge in [-0.25, -0.2) is 0 Å². The molecule has 0 aliphatic heterocycles. The summed E-state index contributed by atoms with van der Waals surface area (Å²) in [5.41, 5.74) is 16.5. The topological polar surface area (TPSA) is 19.7 Å². The molecular weight excluding hydrogens is 813 g/mol. The van der Waals surface area contributed by atoms with Gasteiger partial charge in [-0.05, 0) is 83.9 Å². The Bertz CT molecular complexity index is 3980. The van der Waals surface area contributed by atoms with Crippen LogP contribution in [0.15, 0.2) is 231 Å². The van der Waals surface area contributed by atoms with Crippen molar-refractivity contribution in [2.45, 2.75) is 19.3 Å². The highest BCUT2D eigenvalue weighted by molar-refractivity contribution is 6.25. The first-order chi connectivity index (χ1) is 33.0. The van der Waals surface area contributed by atoms with Gasteiger partial charge in [0.15, 0.2) is 0 Å². The van der Waals surface area contributed by atoms with E-state index in [1.807, 2.05) is 0 Å². The average molecular weight is 857 g/mol. The number of aromatic nitrogens is 4. The number of para-hydroxylation sites is 6. The Kier molecular flexibility index (Phi) is 8.00. The average Bonchev–Trinajstić information content (AvgIpc) is 4.12. The highest BCUT2D eigenvalue weighted by Gasteiger charge is 2.26. The standard InChI is InChI=1S/C63H44N4/c1-63(2,41-29-33-45(34-30-41)66-57-27-15-11-23-49(57)53-39-37-51-47-21-9-13-25-55(47)64(59(51)61(53)66)43-17-5-3-6-18-43)42-31-35-46(36-32-42)67-58-28-16-12-24-50(58)54-40-38-52-48-22-10-14-26-56(48)65(60(52)62(54)67)44-19-7-4-8-20-44/h3-40H,1-2H3. The molecule has 0 aliphatic rings. The lowest BCUT2D eigenvalue weighted by Gasteiger charge is -2.27. The Labute approximate surface area is 387 Å². The summed E-state index contributed by atoms with van der Waals surface area (Å²) in [6.45, 7) is 4.70. The molecule has 4 heteroatoms. The highest BCUT2D eigenvalue weighted by Crippen LogP contribution is 2.44. The monoisotopic (exact) mass is 856 g/mol. The normalized spacial score (nSPS) is 12.3. The van der Waals surface area contributed by atoms with E-state index < -0.39 is 0 Å². The van der Waals surface area contributed by atoms with Gasteiger partial charge in [0.25, 0.3) is 0 Å². The predicted octanol–water partition coefficient (Wildman–Crippen LogP) is 16.4. The van der Waals surface area contributed by atoms with Crippen LogP contribution in [0.4, 0.5) is 0 Å². The van der Waals surface area contributed by atoms with Gasteiger partial charge in [0.05, 0.1) is 44.1 Å². The molecule has 10 aromatic carbocycles. The Morgan fingerprint density at radius 1 is 0.224 bits per heavy atom. The largest absolute Gasteiger partial charge is 0.307 e. The van der Waals surface area contributed by atoms with Crippen LogP contribution < -0.4 is 0 Å². The Morgan fingerprint density at radius 3 is 0.746 bits per heavy atom. The molecule has 0 radical (unpaired) electrons. The van der Waals surface area contributed by atoms with E-state index in [1.165, 1.54) is 98.4 Å². The summed E-state index contributed by atoms with van der Waals surface area (Å²) in [7, 11) is 0. The zero-order chi connectivity index (χ0) is 44.4. The van der Waals surface area contributed by atoms with Crippen LogP contribution in [0.25, 0.3) is 110 Å². The molecule has 0 aliphatic carbocycles. The summed E-state index contributed by atoms with van der Waals surface area (Å²) in [6.07, 6.45) is 0. The van der Waals surface area contributed by atoms with Gasteiger partial charge in [-0.1, -0.05) is 172 Å². The zero-order valence-electron chi connectivity index (χ0n) is 37.2. The predicted molar refractivity (Wildman–Crippen MR) is 282 cm³/mol. The van der Waals surface area contributed by atoms with Crippen molar-refractivity contribution in [1.82, 2.24) is 18.3 Å². The van der Waals surface area contributed by atoms with Gasteiger partial charge in [-0.15, -0.1) is 0 Å². The van der Waals surface area contributed by atoms with E-state index in [0.29, 0.717) is 0 Å². The van der Waals surface area contributed by atoms with E-state index in [4.69, 9.17) is 0 Å². The second kappa shape index (κ2) is 14.2. The molecular formula is C63H44N4. The van der Waals surface area contributed by atoms with E-state index >= 15 is 0 Å². The smallest absolute Gasteiger partial charge is 0.0788 e. The van der Waals surface area contributed by atoms with Crippen molar-refractivity contribution < 1.29 is 0 Å². The lowest BCUT2D eigenvalue weighted by Crippen LogP contribution is -2.19. The van der Waals surface area contributed by atoms with Crippen molar-refractivity contribution in [1.29, 1.82) is 0 Å². The first-order valence-corrected chi connectivity index (χ1v) is 23.3. The number of fused-ring (bicyclic) bond motifs is 14. The summed E-state index contributed by atoms with van der Waals surface area (Å²) in [6, 6.07) is 84.8. The molecule has 4 heterocycles. The van der Waals surface area contributed by atoms with Crippen molar-refractivity contribution in [2.75, 3.05) is 0 Å². The summed E-state index contributed by atoms with van der Waals surface area (Å²) in [5, 5.41) is 10.0. The van der Waals surface area contributed by atoms with Gasteiger partial charge in [-0.3, -0.25) is 0 Å². The minimum absolute atomic E-state index is 0.265.